The van der Waals surface area contributed by atoms with Gasteiger partial charge in [0.2, 0.25) is 0 Å². The average Bonchev–Trinajstić information content (AvgIpc) is 2.59. The maximum atomic E-state index is 12.3. The van der Waals surface area contributed by atoms with Gasteiger partial charge < -0.3 is 9.64 Å². The summed E-state index contributed by atoms with van der Waals surface area (Å²) in [5.41, 5.74) is 0.989. The minimum Gasteiger partial charge on any atom is -0.483 e. The Balaban J connectivity index is 1.64. The maximum absolute atomic E-state index is 12.3. The molecular formula is C20H18ClNO2. The largest absolute Gasteiger partial charge is 0.483 e. The molecule has 3 nitrogen and oxygen atoms in total. The monoisotopic (exact) mass is 339 g/mol. The number of amides is 1. The van der Waals surface area contributed by atoms with Crippen molar-refractivity contribution in [3.05, 3.63) is 77.3 Å². The fraction of sp³-hybridized carbons (Fsp3) is 0.150. The second kappa shape index (κ2) is 7.37. The molecule has 3 aromatic rings. The van der Waals surface area contributed by atoms with Gasteiger partial charge in [0.15, 0.2) is 6.61 Å². The van der Waals surface area contributed by atoms with E-state index in [2.05, 4.69) is 0 Å². The van der Waals surface area contributed by atoms with Crippen LogP contribution in [-0.2, 0) is 11.3 Å². The van der Waals surface area contributed by atoms with E-state index in [9.17, 15) is 4.79 Å². The van der Waals surface area contributed by atoms with Gasteiger partial charge in [-0.25, -0.2) is 0 Å². The van der Waals surface area contributed by atoms with Gasteiger partial charge in [-0.2, -0.15) is 0 Å². The highest BCUT2D eigenvalue weighted by Crippen LogP contribution is 2.25. The molecular weight excluding hydrogens is 322 g/mol. The molecule has 4 heteroatoms. The van der Waals surface area contributed by atoms with Crippen molar-refractivity contribution >= 4 is 28.3 Å². The van der Waals surface area contributed by atoms with Crippen molar-refractivity contribution in [3.63, 3.8) is 0 Å². The van der Waals surface area contributed by atoms with Crippen molar-refractivity contribution in [2.45, 2.75) is 6.54 Å². The first-order valence-electron chi connectivity index (χ1n) is 7.72. The van der Waals surface area contributed by atoms with Gasteiger partial charge in [-0.15, -0.1) is 0 Å². The summed E-state index contributed by atoms with van der Waals surface area (Å²) in [5, 5.41) is 2.76. The second-order valence-corrected chi connectivity index (χ2v) is 6.08. The number of carbonyl (C=O) groups excluding carboxylic acids is 1. The van der Waals surface area contributed by atoms with E-state index >= 15 is 0 Å². The number of fused-ring (bicyclic) bond motifs is 1. The third kappa shape index (κ3) is 3.87. The van der Waals surface area contributed by atoms with E-state index < -0.39 is 0 Å². The highest BCUT2D eigenvalue weighted by molar-refractivity contribution is 6.30. The summed E-state index contributed by atoms with van der Waals surface area (Å²) < 4.78 is 5.75. The van der Waals surface area contributed by atoms with Crippen LogP contribution in [0.3, 0.4) is 0 Å². The van der Waals surface area contributed by atoms with E-state index in [1.807, 2.05) is 66.7 Å². The maximum Gasteiger partial charge on any atom is 0.260 e. The topological polar surface area (TPSA) is 29.5 Å². The summed E-state index contributed by atoms with van der Waals surface area (Å²) in [6, 6.07) is 21.3. The van der Waals surface area contributed by atoms with Crippen molar-refractivity contribution < 1.29 is 9.53 Å². The van der Waals surface area contributed by atoms with E-state index in [1.165, 1.54) is 0 Å². The van der Waals surface area contributed by atoms with Gasteiger partial charge in [0, 0.05) is 24.0 Å². The Labute approximate surface area is 146 Å². The third-order valence-electron chi connectivity index (χ3n) is 3.84. The Bertz CT molecular complexity index is 858. The number of rotatable bonds is 5. The van der Waals surface area contributed by atoms with E-state index in [0.29, 0.717) is 11.6 Å². The molecule has 3 aromatic carbocycles. The molecule has 0 N–H and O–H groups in total. The summed E-state index contributed by atoms with van der Waals surface area (Å²) >= 11 is 5.98. The number of hydrogen-bond donors (Lipinski definition) is 0. The van der Waals surface area contributed by atoms with Crippen molar-refractivity contribution in [1.82, 2.24) is 4.90 Å². The van der Waals surface area contributed by atoms with E-state index in [-0.39, 0.29) is 12.5 Å². The zero-order valence-electron chi connectivity index (χ0n) is 13.4. The second-order valence-electron chi connectivity index (χ2n) is 5.65. The number of likely N-dealkylation sites (N-methyl/N-ethyl adjacent to an activating group) is 1. The Morgan fingerprint density at radius 1 is 1.04 bits per heavy atom. The first-order chi connectivity index (χ1) is 11.6. The lowest BCUT2D eigenvalue weighted by atomic mass is 10.1. The third-order valence-corrected chi connectivity index (χ3v) is 4.07. The SMILES string of the molecule is CN(Cc1cccc(Cl)c1)C(=O)COc1cccc2ccccc12. The number of ether oxygens (including phenoxy) is 1. The summed E-state index contributed by atoms with van der Waals surface area (Å²) in [6.45, 7) is 0.503. The zero-order chi connectivity index (χ0) is 16.9. The van der Waals surface area contributed by atoms with Crippen molar-refractivity contribution in [3.8, 4) is 5.75 Å². The van der Waals surface area contributed by atoms with Gasteiger partial charge in [0.05, 0.1) is 0 Å². The number of nitrogens with zero attached hydrogens (tertiary/aromatic N) is 1. The first-order valence-corrected chi connectivity index (χ1v) is 8.10. The van der Waals surface area contributed by atoms with Gasteiger partial charge in [0.1, 0.15) is 5.75 Å². The Morgan fingerprint density at radius 2 is 1.79 bits per heavy atom. The lowest BCUT2D eigenvalue weighted by Crippen LogP contribution is -2.30. The molecule has 0 aromatic heterocycles. The van der Waals surface area contributed by atoms with Crippen LogP contribution in [0.5, 0.6) is 5.75 Å². The summed E-state index contributed by atoms with van der Waals surface area (Å²) in [5.74, 6) is 0.639. The highest BCUT2D eigenvalue weighted by atomic mass is 35.5. The minimum atomic E-state index is -0.0806. The lowest BCUT2D eigenvalue weighted by molar-refractivity contribution is -0.132. The van der Waals surface area contributed by atoms with Crippen LogP contribution in [0.25, 0.3) is 10.8 Å². The smallest absolute Gasteiger partial charge is 0.260 e. The molecule has 0 aliphatic heterocycles. The molecule has 0 atom stereocenters. The Kier molecular flexibility index (Phi) is 5.02. The van der Waals surface area contributed by atoms with Crippen LogP contribution >= 0.6 is 11.6 Å². The van der Waals surface area contributed by atoms with Crippen LogP contribution in [0.2, 0.25) is 5.02 Å². The van der Waals surface area contributed by atoms with Crippen LogP contribution < -0.4 is 4.74 Å². The van der Waals surface area contributed by atoms with Crippen LogP contribution in [0.15, 0.2) is 66.7 Å². The first kappa shape index (κ1) is 16.3. The van der Waals surface area contributed by atoms with E-state index in [4.69, 9.17) is 16.3 Å². The minimum absolute atomic E-state index is 0.00503. The fourth-order valence-electron chi connectivity index (χ4n) is 2.57. The van der Waals surface area contributed by atoms with Crippen LogP contribution in [0, 0.1) is 0 Å². The van der Waals surface area contributed by atoms with Crippen molar-refractivity contribution in [2.75, 3.05) is 13.7 Å². The molecule has 3 rings (SSSR count). The van der Waals surface area contributed by atoms with Gasteiger partial charge >= 0.3 is 0 Å². The molecule has 0 unspecified atom stereocenters. The summed E-state index contributed by atoms with van der Waals surface area (Å²) in [6.07, 6.45) is 0. The van der Waals surface area contributed by atoms with E-state index in [1.54, 1.807) is 11.9 Å². The van der Waals surface area contributed by atoms with Gasteiger partial charge in [-0.05, 0) is 29.1 Å². The van der Waals surface area contributed by atoms with E-state index in [0.717, 1.165) is 22.1 Å². The molecule has 0 radical (unpaired) electrons. The highest BCUT2D eigenvalue weighted by Gasteiger charge is 2.11. The predicted octanol–water partition coefficient (Wildman–Crippen LogP) is 4.53. The zero-order valence-corrected chi connectivity index (χ0v) is 14.2. The lowest BCUT2D eigenvalue weighted by Gasteiger charge is -2.18. The molecule has 24 heavy (non-hydrogen) atoms. The predicted molar refractivity (Wildman–Crippen MR) is 97.4 cm³/mol. The number of benzene rings is 3. The summed E-state index contributed by atoms with van der Waals surface area (Å²) in [4.78, 5) is 13.9. The number of hydrogen-bond acceptors (Lipinski definition) is 2. The Morgan fingerprint density at radius 3 is 2.62 bits per heavy atom. The molecule has 0 fully saturated rings. The van der Waals surface area contributed by atoms with Gasteiger partial charge in [0.25, 0.3) is 5.91 Å². The molecule has 0 saturated carbocycles. The molecule has 0 saturated heterocycles. The molecule has 1 amide bonds. The van der Waals surface area contributed by atoms with Gasteiger partial charge in [-0.3, -0.25) is 4.79 Å². The summed E-state index contributed by atoms with van der Waals surface area (Å²) in [7, 11) is 1.76. The molecule has 0 aliphatic rings. The van der Waals surface area contributed by atoms with Gasteiger partial charge in [-0.1, -0.05) is 60.1 Å². The van der Waals surface area contributed by atoms with Crippen molar-refractivity contribution in [1.29, 1.82) is 0 Å². The van der Waals surface area contributed by atoms with Crippen molar-refractivity contribution in [2.24, 2.45) is 0 Å². The standard InChI is InChI=1S/C20H18ClNO2/c1-22(13-15-6-4-9-17(21)12-15)20(23)14-24-19-11-5-8-16-7-2-3-10-18(16)19/h2-12H,13-14H2,1H3. The Hall–Kier alpha value is -2.52. The van der Waals surface area contributed by atoms with Crippen LogP contribution in [0.1, 0.15) is 5.56 Å². The number of halogens is 1. The average molecular weight is 340 g/mol. The van der Waals surface area contributed by atoms with Crippen LogP contribution in [-0.4, -0.2) is 24.5 Å². The molecule has 0 bridgehead atoms. The number of carbonyl (C=O) groups is 1. The molecule has 0 heterocycles. The molecule has 0 spiro atoms. The normalized spacial score (nSPS) is 10.6. The molecule has 122 valence electrons. The van der Waals surface area contributed by atoms with Crippen LogP contribution in [0.4, 0.5) is 0 Å². The fourth-order valence-corrected chi connectivity index (χ4v) is 2.78. The quantitative estimate of drug-likeness (QED) is 0.683. The molecule has 0 aliphatic carbocycles.